The highest BCUT2D eigenvalue weighted by Crippen LogP contribution is 2.26. The molecule has 0 radical (unpaired) electrons. The minimum absolute atomic E-state index is 0.0694. The molecule has 2 bridgehead atoms. The van der Waals surface area contributed by atoms with Crippen LogP contribution in [-0.2, 0) is 0 Å². The van der Waals surface area contributed by atoms with Crippen LogP contribution < -0.4 is 5.32 Å². The van der Waals surface area contributed by atoms with Crippen LogP contribution in [0.5, 0.6) is 0 Å². The molecule has 0 aromatic carbocycles. The third-order valence-corrected chi connectivity index (χ3v) is 3.20. The predicted octanol–water partition coefficient (Wildman–Crippen LogP) is 0.818. The Labute approximate surface area is 81.9 Å². The maximum atomic E-state index is 11.0. The van der Waals surface area contributed by atoms with E-state index in [1.54, 1.807) is 0 Å². The average molecular weight is 200 g/mol. The molecule has 2 rings (SSSR count). The van der Waals surface area contributed by atoms with Gasteiger partial charge in [0, 0.05) is 6.54 Å². The zero-order chi connectivity index (χ0) is 9.42. The molecule has 2 saturated heterocycles. The number of piperazine rings is 1. The van der Waals surface area contributed by atoms with E-state index < -0.39 is 6.09 Å². The van der Waals surface area contributed by atoms with Gasteiger partial charge >= 0.3 is 6.09 Å². The number of hydrogen-bond donors (Lipinski definition) is 2. The van der Waals surface area contributed by atoms with Crippen molar-refractivity contribution in [1.82, 2.24) is 10.2 Å². The van der Waals surface area contributed by atoms with Crippen LogP contribution in [0.25, 0.3) is 0 Å². The summed E-state index contributed by atoms with van der Waals surface area (Å²) in [6.07, 6.45) is 2.08. The van der Waals surface area contributed by atoms with Gasteiger partial charge < -0.3 is 10.4 Å². The highest BCUT2D eigenvalue weighted by molar-refractivity contribution is 7.80. The van der Waals surface area contributed by atoms with Crippen molar-refractivity contribution in [2.75, 3.05) is 6.54 Å². The van der Waals surface area contributed by atoms with Crippen molar-refractivity contribution in [2.24, 2.45) is 0 Å². The normalized spacial score (nSPS) is 32.6. The van der Waals surface area contributed by atoms with Crippen LogP contribution in [0, 0.1) is 0 Å². The third kappa shape index (κ3) is 1.37. The van der Waals surface area contributed by atoms with Crippen LogP contribution in [-0.4, -0.2) is 39.7 Å². The van der Waals surface area contributed by atoms with E-state index >= 15 is 0 Å². The number of amides is 1. The molecule has 0 aromatic heterocycles. The Morgan fingerprint density at radius 2 is 2.38 bits per heavy atom. The Bertz CT molecular complexity index is 257. The number of carboxylic acid groups (broad SMARTS) is 1. The lowest BCUT2D eigenvalue weighted by Crippen LogP contribution is -2.63. The van der Waals surface area contributed by atoms with E-state index in [4.69, 9.17) is 17.3 Å². The Morgan fingerprint density at radius 1 is 1.62 bits per heavy atom. The van der Waals surface area contributed by atoms with Gasteiger partial charge in [-0.05, 0) is 19.3 Å². The van der Waals surface area contributed by atoms with Crippen LogP contribution >= 0.6 is 12.2 Å². The van der Waals surface area contributed by atoms with Crippen molar-refractivity contribution in [3.8, 4) is 0 Å². The van der Waals surface area contributed by atoms with E-state index in [0.717, 1.165) is 19.3 Å². The molecule has 2 aliphatic heterocycles. The summed E-state index contributed by atoms with van der Waals surface area (Å²) < 4.78 is 0. The fourth-order valence-corrected chi connectivity index (χ4v) is 2.48. The Hall–Kier alpha value is -0.840. The second kappa shape index (κ2) is 3.14. The average Bonchev–Trinajstić information content (AvgIpc) is 2.11. The molecule has 0 saturated carbocycles. The minimum Gasteiger partial charge on any atom is -0.465 e. The fourth-order valence-electron chi connectivity index (χ4n) is 2.16. The van der Waals surface area contributed by atoms with Gasteiger partial charge in [0.1, 0.15) is 0 Å². The van der Waals surface area contributed by atoms with Crippen molar-refractivity contribution in [2.45, 2.75) is 31.3 Å². The maximum absolute atomic E-state index is 11.0. The predicted molar refractivity (Wildman–Crippen MR) is 51.9 cm³/mol. The number of fused-ring (bicyclic) bond motifs is 2. The van der Waals surface area contributed by atoms with Crippen LogP contribution in [0.15, 0.2) is 0 Å². The number of hydrogen-bond acceptors (Lipinski definition) is 2. The van der Waals surface area contributed by atoms with E-state index in [1.165, 1.54) is 4.90 Å². The van der Waals surface area contributed by atoms with Gasteiger partial charge in [0.05, 0.1) is 17.1 Å². The van der Waals surface area contributed by atoms with Crippen LogP contribution in [0.3, 0.4) is 0 Å². The molecule has 0 spiro atoms. The second-order valence-electron chi connectivity index (χ2n) is 3.54. The van der Waals surface area contributed by atoms with Crippen molar-refractivity contribution in [3.05, 3.63) is 0 Å². The number of nitrogens with zero attached hydrogens (tertiary/aromatic N) is 1. The first-order valence-electron chi connectivity index (χ1n) is 4.49. The van der Waals surface area contributed by atoms with Gasteiger partial charge in [-0.15, -0.1) is 0 Å². The van der Waals surface area contributed by atoms with Gasteiger partial charge in [-0.1, -0.05) is 12.2 Å². The first-order valence-corrected chi connectivity index (χ1v) is 4.90. The summed E-state index contributed by atoms with van der Waals surface area (Å²) >= 11 is 5.09. The molecule has 4 nitrogen and oxygen atoms in total. The summed E-state index contributed by atoms with van der Waals surface area (Å²) in [6.45, 7) is 0.682. The van der Waals surface area contributed by atoms with E-state index in [9.17, 15) is 4.79 Å². The summed E-state index contributed by atoms with van der Waals surface area (Å²) in [5, 5.41) is 12.1. The van der Waals surface area contributed by atoms with Crippen molar-refractivity contribution < 1.29 is 9.90 Å². The zero-order valence-corrected chi connectivity index (χ0v) is 8.01. The molecule has 2 aliphatic rings. The smallest absolute Gasteiger partial charge is 0.408 e. The summed E-state index contributed by atoms with van der Waals surface area (Å²) in [7, 11) is 0. The van der Waals surface area contributed by atoms with Crippen LogP contribution in [0.1, 0.15) is 19.3 Å². The Morgan fingerprint density at radius 3 is 3.00 bits per heavy atom. The van der Waals surface area contributed by atoms with Gasteiger partial charge in [-0.3, -0.25) is 4.90 Å². The van der Waals surface area contributed by atoms with Gasteiger partial charge in [-0.2, -0.15) is 0 Å². The lowest BCUT2D eigenvalue weighted by atomic mass is 9.93. The van der Waals surface area contributed by atoms with Gasteiger partial charge in [-0.25, -0.2) is 4.79 Å². The first-order chi connectivity index (χ1) is 6.20. The molecule has 2 heterocycles. The summed E-state index contributed by atoms with van der Waals surface area (Å²) in [4.78, 5) is 13.2. The SMILES string of the molecule is O=C(O)N1C2CCCC1C(=S)NC2. The Kier molecular flexibility index (Phi) is 2.11. The topological polar surface area (TPSA) is 52.6 Å². The maximum Gasteiger partial charge on any atom is 0.408 e. The van der Waals surface area contributed by atoms with Crippen molar-refractivity contribution >= 4 is 23.3 Å². The van der Waals surface area contributed by atoms with E-state index in [-0.39, 0.29) is 12.1 Å². The molecular formula is C8H12N2O2S. The number of carbonyl (C=O) groups is 1. The molecule has 72 valence electrons. The van der Waals surface area contributed by atoms with Crippen LogP contribution in [0.4, 0.5) is 4.79 Å². The van der Waals surface area contributed by atoms with E-state index in [2.05, 4.69) is 5.32 Å². The quantitative estimate of drug-likeness (QED) is 0.568. The highest BCUT2D eigenvalue weighted by Gasteiger charge is 2.39. The van der Waals surface area contributed by atoms with Crippen molar-refractivity contribution in [1.29, 1.82) is 0 Å². The van der Waals surface area contributed by atoms with E-state index in [0.29, 0.717) is 11.5 Å². The highest BCUT2D eigenvalue weighted by atomic mass is 32.1. The second-order valence-corrected chi connectivity index (χ2v) is 3.98. The largest absolute Gasteiger partial charge is 0.465 e. The molecule has 2 unspecified atom stereocenters. The molecule has 2 fully saturated rings. The molecule has 2 N–H and O–H groups in total. The van der Waals surface area contributed by atoms with Crippen molar-refractivity contribution in [3.63, 3.8) is 0 Å². The Balaban J connectivity index is 2.23. The molecule has 0 aliphatic carbocycles. The fraction of sp³-hybridized carbons (Fsp3) is 0.750. The van der Waals surface area contributed by atoms with Crippen LogP contribution in [0.2, 0.25) is 0 Å². The zero-order valence-electron chi connectivity index (χ0n) is 7.19. The van der Waals surface area contributed by atoms with E-state index in [1.807, 2.05) is 0 Å². The number of piperidine rings is 1. The molecule has 2 atom stereocenters. The minimum atomic E-state index is -0.835. The molecular weight excluding hydrogens is 188 g/mol. The molecule has 0 aromatic rings. The van der Waals surface area contributed by atoms with Gasteiger partial charge in [0.25, 0.3) is 0 Å². The summed E-state index contributed by atoms with van der Waals surface area (Å²) in [6, 6.07) is 0.0583. The molecule has 13 heavy (non-hydrogen) atoms. The summed E-state index contributed by atoms with van der Waals surface area (Å²) in [5.41, 5.74) is 0. The summed E-state index contributed by atoms with van der Waals surface area (Å²) in [5.74, 6) is 0. The lowest BCUT2D eigenvalue weighted by molar-refractivity contribution is 0.0844. The third-order valence-electron chi connectivity index (χ3n) is 2.78. The standard InChI is InChI=1S/C8H12N2O2S/c11-8(12)10-5-2-1-3-6(10)7(13)9-4-5/h5-6H,1-4H2,(H,9,13)(H,11,12). The first kappa shape index (κ1) is 8.74. The molecule has 5 heteroatoms. The number of thiocarbonyl (C=S) groups is 1. The van der Waals surface area contributed by atoms with Gasteiger partial charge in [0.2, 0.25) is 0 Å². The number of nitrogens with one attached hydrogen (secondary N) is 1. The lowest BCUT2D eigenvalue weighted by Gasteiger charge is -2.44. The van der Waals surface area contributed by atoms with Gasteiger partial charge in [0.15, 0.2) is 0 Å². The number of rotatable bonds is 0. The monoisotopic (exact) mass is 200 g/mol. The molecule has 1 amide bonds.